The van der Waals surface area contributed by atoms with Gasteiger partial charge in [0.15, 0.2) is 0 Å². The van der Waals surface area contributed by atoms with Gasteiger partial charge in [0.25, 0.3) is 0 Å². The number of hydrogen-bond acceptors (Lipinski definition) is 4. The molecule has 0 atom stereocenters. The Morgan fingerprint density at radius 2 is 2.09 bits per heavy atom. The van der Waals surface area contributed by atoms with Crippen molar-refractivity contribution >= 4 is 17.5 Å². The summed E-state index contributed by atoms with van der Waals surface area (Å²) in [6.45, 7) is 5.08. The van der Waals surface area contributed by atoms with Crippen molar-refractivity contribution in [1.29, 1.82) is 0 Å². The van der Waals surface area contributed by atoms with E-state index in [1.54, 1.807) is 18.0 Å². The quantitative estimate of drug-likeness (QED) is 0.734. The van der Waals surface area contributed by atoms with Gasteiger partial charge in [0, 0.05) is 19.2 Å². The van der Waals surface area contributed by atoms with E-state index in [9.17, 15) is 9.59 Å². The molecule has 2 aromatic heterocycles. The lowest BCUT2D eigenvalue weighted by atomic mass is 10.2. The van der Waals surface area contributed by atoms with Crippen LogP contribution in [0.3, 0.4) is 0 Å². The number of hydrogen-bond donors (Lipinski definition) is 0. The number of nitrogens with zero attached hydrogens (tertiary/aromatic N) is 3. The number of fused-ring (bicyclic) bond motifs is 1. The first-order valence-corrected chi connectivity index (χ1v) is 7.50. The molecule has 22 heavy (non-hydrogen) atoms. The van der Waals surface area contributed by atoms with Crippen molar-refractivity contribution in [2.75, 3.05) is 13.2 Å². The third kappa shape index (κ3) is 3.84. The van der Waals surface area contributed by atoms with Gasteiger partial charge in [0.2, 0.25) is 5.91 Å². The molecule has 118 valence electrons. The monoisotopic (exact) mass is 303 g/mol. The number of imidazole rings is 1. The number of pyridine rings is 1. The number of amides is 1. The Hall–Kier alpha value is -2.37. The Morgan fingerprint density at radius 3 is 2.82 bits per heavy atom. The van der Waals surface area contributed by atoms with Crippen LogP contribution in [-0.2, 0) is 20.9 Å². The summed E-state index contributed by atoms with van der Waals surface area (Å²) in [5.74, 6) is -0.386. The lowest BCUT2D eigenvalue weighted by Crippen LogP contribution is -2.31. The Bertz CT molecular complexity index is 651. The molecule has 0 radical (unpaired) electrons. The van der Waals surface area contributed by atoms with Crippen LogP contribution >= 0.6 is 0 Å². The minimum Gasteiger partial charge on any atom is -0.466 e. The van der Waals surface area contributed by atoms with E-state index in [1.165, 1.54) is 0 Å². The Balaban J connectivity index is 1.99. The summed E-state index contributed by atoms with van der Waals surface area (Å²) in [5.41, 5.74) is 1.80. The van der Waals surface area contributed by atoms with Crippen molar-refractivity contribution < 1.29 is 14.3 Å². The number of aromatic nitrogens is 2. The zero-order chi connectivity index (χ0) is 15.9. The highest BCUT2D eigenvalue weighted by atomic mass is 16.5. The molecule has 0 saturated heterocycles. The van der Waals surface area contributed by atoms with Crippen molar-refractivity contribution in [3.8, 4) is 0 Å². The van der Waals surface area contributed by atoms with E-state index in [1.807, 2.05) is 35.7 Å². The van der Waals surface area contributed by atoms with Crippen LogP contribution in [0, 0.1) is 0 Å². The van der Waals surface area contributed by atoms with Crippen LogP contribution in [0.25, 0.3) is 5.65 Å². The molecule has 0 unspecified atom stereocenters. The number of carbonyl (C=O) groups excluding carboxylic acids is 2. The zero-order valence-corrected chi connectivity index (χ0v) is 13.0. The first kappa shape index (κ1) is 16.0. The molecule has 6 heteroatoms. The highest BCUT2D eigenvalue weighted by Crippen LogP contribution is 2.10. The van der Waals surface area contributed by atoms with Gasteiger partial charge in [0.1, 0.15) is 5.65 Å². The minimum absolute atomic E-state index is 0.0542. The zero-order valence-electron chi connectivity index (χ0n) is 13.0. The molecule has 1 amide bonds. The molecule has 6 nitrogen and oxygen atoms in total. The number of esters is 1. The van der Waals surface area contributed by atoms with E-state index >= 15 is 0 Å². The number of carbonyl (C=O) groups is 2. The lowest BCUT2D eigenvalue weighted by molar-refractivity contribution is -0.145. The molecule has 0 aliphatic rings. The largest absolute Gasteiger partial charge is 0.466 e. The maximum Gasteiger partial charge on any atom is 0.306 e. The molecule has 0 aliphatic carbocycles. The van der Waals surface area contributed by atoms with E-state index < -0.39 is 0 Å². The van der Waals surface area contributed by atoms with Crippen LogP contribution in [0.4, 0.5) is 0 Å². The molecule has 0 aliphatic heterocycles. The second-order valence-corrected chi connectivity index (χ2v) is 4.89. The topological polar surface area (TPSA) is 63.9 Å². The summed E-state index contributed by atoms with van der Waals surface area (Å²) in [7, 11) is 0. The summed E-state index contributed by atoms with van der Waals surface area (Å²) in [6.07, 6.45) is 3.99. The van der Waals surface area contributed by atoms with Gasteiger partial charge in [-0.1, -0.05) is 6.07 Å². The van der Waals surface area contributed by atoms with Crippen molar-refractivity contribution in [3.63, 3.8) is 0 Å². The summed E-state index contributed by atoms with van der Waals surface area (Å²) in [4.78, 5) is 29.6. The number of rotatable bonds is 7. The first-order valence-electron chi connectivity index (χ1n) is 7.50. The van der Waals surface area contributed by atoms with Crippen LogP contribution < -0.4 is 0 Å². The fourth-order valence-electron chi connectivity index (χ4n) is 2.27. The standard InChI is InChI=1S/C16H21N3O3/c1-3-18(15(20)8-9-16(21)22-4-2)12-13-11-17-14-7-5-6-10-19(13)14/h5-7,10-11H,3-4,8-9,12H2,1-2H3. The summed E-state index contributed by atoms with van der Waals surface area (Å²) >= 11 is 0. The van der Waals surface area contributed by atoms with Gasteiger partial charge in [-0.25, -0.2) is 4.98 Å². The first-order chi connectivity index (χ1) is 10.7. The van der Waals surface area contributed by atoms with Crippen molar-refractivity contribution in [2.45, 2.75) is 33.2 Å². The van der Waals surface area contributed by atoms with Crippen molar-refractivity contribution in [2.24, 2.45) is 0 Å². The van der Waals surface area contributed by atoms with Gasteiger partial charge >= 0.3 is 5.97 Å². The maximum atomic E-state index is 12.2. The second kappa shape index (κ2) is 7.59. The van der Waals surface area contributed by atoms with Gasteiger partial charge in [-0.15, -0.1) is 0 Å². The fraction of sp³-hybridized carbons (Fsp3) is 0.438. The highest BCUT2D eigenvalue weighted by Gasteiger charge is 2.16. The third-order valence-corrected chi connectivity index (χ3v) is 3.43. The lowest BCUT2D eigenvalue weighted by Gasteiger charge is -2.20. The third-order valence-electron chi connectivity index (χ3n) is 3.43. The predicted molar refractivity (Wildman–Crippen MR) is 82.2 cm³/mol. The molecule has 0 fully saturated rings. The molecule has 0 saturated carbocycles. The molecule has 0 N–H and O–H groups in total. The minimum atomic E-state index is -0.332. The van der Waals surface area contributed by atoms with Crippen LogP contribution in [0.2, 0.25) is 0 Å². The maximum absolute atomic E-state index is 12.2. The van der Waals surface area contributed by atoms with Crippen LogP contribution in [0.5, 0.6) is 0 Å². The van der Waals surface area contributed by atoms with Crippen molar-refractivity contribution in [3.05, 3.63) is 36.3 Å². The molecule has 0 spiro atoms. The van der Waals surface area contributed by atoms with E-state index in [0.717, 1.165) is 11.3 Å². The van der Waals surface area contributed by atoms with Crippen molar-refractivity contribution in [1.82, 2.24) is 14.3 Å². The molecule has 0 bridgehead atoms. The summed E-state index contributed by atoms with van der Waals surface area (Å²) in [6, 6.07) is 5.77. The van der Waals surface area contributed by atoms with Gasteiger partial charge in [0.05, 0.1) is 31.5 Å². The Morgan fingerprint density at radius 1 is 1.27 bits per heavy atom. The van der Waals surface area contributed by atoms with E-state index in [2.05, 4.69) is 4.98 Å². The van der Waals surface area contributed by atoms with E-state index in [0.29, 0.717) is 19.7 Å². The number of ether oxygens (including phenoxy) is 1. The van der Waals surface area contributed by atoms with Crippen LogP contribution in [0.15, 0.2) is 30.6 Å². The predicted octanol–water partition coefficient (Wildman–Crippen LogP) is 2.03. The van der Waals surface area contributed by atoms with E-state index in [-0.39, 0.29) is 24.7 Å². The van der Waals surface area contributed by atoms with Crippen LogP contribution in [-0.4, -0.2) is 39.3 Å². The molecular formula is C16H21N3O3. The van der Waals surface area contributed by atoms with Gasteiger partial charge < -0.3 is 14.0 Å². The van der Waals surface area contributed by atoms with Gasteiger partial charge in [-0.05, 0) is 26.0 Å². The second-order valence-electron chi connectivity index (χ2n) is 4.89. The average Bonchev–Trinajstić information content (AvgIpc) is 2.93. The Labute approximate surface area is 129 Å². The molecule has 2 rings (SSSR count). The average molecular weight is 303 g/mol. The normalized spacial score (nSPS) is 10.6. The molecule has 2 heterocycles. The molecule has 2 aromatic rings. The highest BCUT2D eigenvalue weighted by molar-refractivity contribution is 5.81. The smallest absolute Gasteiger partial charge is 0.306 e. The SMILES string of the molecule is CCOC(=O)CCC(=O)N(CC)Cc1cnc2ccccn12. The van der Waals surface area contributed by atoms with E-state index in [4.69, 9.17) is 4.74 Å². The Kier molecular flexibility index (Phi) is 5.52. The van der Waals surface area contributed by atoms with Gasteiger partial charge in [-0.3, -0.25) is 9.59 Å². The fourth-order valence-corrected chi connectivity index (χ4v) is 2.27. The summed E-state index contributed by atoms with van der Waals surface area (Å²) < 4.78 is 6.81. The molecular weight excluding hydrogens is 282 g/mol. The summed E-state index contributed by atoms with van der Waals surface area (Å²) in [5, 5.41) is 0. The molecule has 0 aromatic carbocycles. The van der Waals surface area contributed by atoms with Gasteiger partial charge in [-0.2, -0.15) is 0 Å². The van der Waals surface area contributed by atoms with Crippen LogP contribution in [0.1, 0.15) is 32.4 Å².